The van der Waals surface area contributed by atoms with Crippen molar-refractivity contribution in [1.29, 1.82) is 0 Å². The monoisotopic (exact) mass is 386 g/mol. The summed E-state index contributed by atoms with van der Waals surface area (Å²) in [6, 6.07) is 24.4. The lowest BCUT2D eigenvalue weighted by Crippen LogP contribution is -2.35. The normalized spacial score (nSPS) is 12.8. The minimum absolute atomic E-state index is 0.0948. The van der Waals surface area contributed by atoms with E-state index in [4.69, 9.17) is 4.74 Å². The first-order valence-electron chi connectivity index (χ1n) is 9.63. The Balaban J connectivity index is 1.32. The maximum atomic E-state index is 12.7. The van der Waals surface area contributed by atoms with E-state index in [9.17, 15) is 9.59 Å². The number of para-hydroxylation sites is 1. The van der Waals surface area contributed by atoms with Crippen LogP contribution in [0.1, 0.15) is 21.5 Å². The van der Waals surface area contributed by atoms with E-state index in [1.807, 2.05) is 30.3 Å². The zero-order chi connectivity index (χ0) is 20.1. The fraction of sp³-hybridized carbons (Fsp3) is 0.167. The van der Waals surface area contributed by atoms with Crippen molar-refractivity contribution in [2.45, 2.75) is 18.9 Å². The first-order chi connectivity index (χ1) is 14.2. The van der Waals surface area contributed by atoms with Gasteiger partial charge in [0.15, 0.2) is 6.61 Å². The highest BCUT2D eigenvalue weighted by molar-refractivity contribution is 5.97. The number of rotatable bonds is 6. The fourth-order valence-electron chi connectivity index (χ4n) is 3.53. The van der Waals surface area contributed by atoms with Crippen LogP contribution in [0.4, 0.5) is 5.69 Å². The Morgan fingerprint density at radius 1 is 0.862 bits per heavy atom. The molecule has 3 aromatic rings. The summed E-state index contributed by atoms with van der Waals surface area (Å²) < 4.78 is 5.45. The molecule has 0 radical (unpaired) electrons. The van der Waals surface area contributed by atoms with Gasteiger partial charge in [0.05, 0.1) is 0 Å². The van der Waals surface area contributed by atoms with Gasteiger partial charge in [-0.15, -0.1) is 0 Å². The van der Waals surface area contributed by atoms with Crippen molar-refractivity contribution in [3.63, 3.8) is 0 Å². The molecule has 5 nitrogen and oxygen atoms in total. The van der Waals surface area contributed by atoms with Gasteiger partial charge >= 0.3 is 0 Å². The van der Waals surface area contributed by atoms with Crippen LogP contribution in [0.3, 0.4) is 0 Å². The number of anilines is 1. The van der Waals surface area contributed by atoms with Crippen LogP contribution in [0.25, 0.3) is 0 Å². The summed E-state index contributed by atoms with van der Waals surface area (Å²) >= 11 is 0. The molecule has 0 aliphatic heterocycles. The van der Waals surface area contributed by atoms with Gasteiger partial charge in [0, 0.05) is 17.3 Å². The molecule has 146 valence electrons. The number of fused-ring (bicyclic) bond motifs is 1. The van der Waals surface area contributed by atoms with E-state index in [-0.39, 0.29) is 24.5 Å². The molecule has 0 saturated carbocycles. The number of carbonyl (C=O) groups is 2. The van der Waals surface area contributed by atoms with Gasteiger partial charge in [0.1, 0.15) is 5.75 Å². The lowest BCUT2D eigenvalue weighted by Gasteiger charge is -2.13. The molecule has 0 aromatic heterocycles. The average molecular weight is 386 g/mol. The number of nitrogens with one attached hydrogen (secondary N) is 2. The summed E-state index contributed by atoms with van der Waals surface area (Å²) in [7, 11) is 0. The maximum Gasteiger partial charge on any atom is 0.262 e. The van der Waals surface area contributed by atoms with Crippen molar-refractivity contribution < 1.29 is 14.3 Å². The van der Waals surface area contributed by atoms with E-state index in [0.717, 1.165) is 12.8 Å². The van der Waals surface area contributed by atoms with Gasteiger partial charge in [-0.3, -0.25) is 9.59 Å². The standard InChI is InChI=1S/C24H22N2O3/c27-23(16-29-22-11-2-1-3-12-22)25-20-10-6-9-19(15-20)24(28)26-21-13-17-7-4-5-8-18(17)14-21/h1-12,15,21H,13-14,16H2,(H,25,27)(H,26,28). The lowest BCUT2D eigenvalue weighted by atomic mass is 10.1. The van der Waals surface area contributed by atoms with Gasteiger partial charge in [-0.1, -0.05) is 48.5 Å². The van der Waals surface area contributed by atoms with E-state index in [1.54, 1.807) is 36.4 Å². The zero-order valence-electron chi connectivity index (χ0n) is 15.9. The van der Waals surface area contributed by atoms with Crippen LogP contribution < -0.4 is 15.4 Å². The molecule has 2 amide bonds. The summed E-state index contributed by atoms with van der Waals surface area (Å²) in [6.45, 7) is -0.0965. The molecule has 29 heavy (non-hydrogen) atoms. The minimum atomic E-state index is -0.280. The first kappa shape index (κ1) is 18.7. The second-order valence-electron chi connectivity index (χ2n) is 7.08. The van der Waals surface area contributed by atoms with Crippen LogP contribution in [0.15, 0.2) is 78.9 Å². The molecule has 0 atom stereocenters. The molecule has 0 heterocycles. The third kappa shape index (κ3) is 4.82. The molecule has 2 N–H and O–H groups in total. The van der Waals surface area contributed by atoms with Crippen LogP contribution >= 0.6 is 0 Å². The quantitative estimate of drug-likeness (QED) is 0.680. The SMILES string of the molecule is O=C(COc1ccccc1)Nc1cccc(C(=O)NC2Cc3ccccc3C2)c1. The Morgan fingerprint density at radius 2 is 1.55 bits per heavy atom. The van der Waals surface area contributed by atoms with Crippen LogP contribution in [-0.2, 0) is 17.6 Å². The van der Waals surface area contributed by atoms with E-state index in [1.165, 1.54) is 11.1 Å². The largest absolute Gasteiger partial charge is 0.484 e. The third-order valence-electron chi connectivity index (χ3n) is 4.91. The van der Waals surface area contributed by atoms with Crippen molar-refractivity contribution in [3.05, 3.63) is 95.6 Å². The molecule has 0 bridgehead atoms. The van der Waals surface area contributed by atoms with Crippen molar-refractivity contribution in [2.24, 2.45) is 0 Å². The second-order valence-corrected chi connectivity index (χ2v) is 7.08. The molecule has 0 saturated heterocycles. The van der Waals surface area contributed by atoms with Crippen molar-refractivity contribution in [2.75, 3.05) is 11.9 Å². The van der Waals surface area contributed by atoms with Crippen molar-refractivity contribution >= 4 is 17.5 Å². The highest BCUT2D eigenvalue weighted by atomic mass is 16.5. The number of amides is 2. The summed E-state index contributed by atoms with van der Waals surface area (Å²) in [5.41, 5.74) is 3.66. The Labute approximate surface area is 169 Å². The molecule has 5 heteroatoms. The second kappa shape index (κ2) is 8.61. The lowest BCUT2D eigenvalue weighted by molar-refractivity contribution is -0.118. The predicted molar refractivity (Wildman–Crippen MR) is 112 cm³/mol. The van der Waals surface area contributed by atoms with Crippen molar-refractivity contribution in [3.8, 4) is 5.75 Å². The predicted octanol–water partition coefficient (Wildman–Crippen LogP) is 3.60. The molecule has 1 aliphatic rings. The highest BCUT2D eigenvalue weighted by Gasteiger charge is 2.22. The van der Waals surface area contributed by atoms with E-state index < -0.39 is 0 Å². The third-order valence-corrected chi connectivity index (χ3v) is 4.91. The number of carbonyl (C=O) groups excluding carboxylic acids is 2. The van der Waals surface area contributed by atoms with E-state index in [2.05, 4.69) is 22.8 Å². The maximum absolute atomic E-state index is 12.7. The fourth-order valence-corrected chi connectivity index (χ4v) is 3.53. The van der Waals surface area contributed by atoms with Gasteiger partial charge < -0.3 is 15.4 Å². The van der Waals surface area contributed by atoms with Gasteiger partial charge in [-0.2, -0.15) is 0 Å². The van der Waals surface area contributed by atoms with Crippen LogP contribution in [0.5, 0.6) is 5.75 Å². The zero-order valence-corrected chi connectivity index (χ0v) is 15.9. The topological polar surface area (TPSA) is 67.4 Å². The molecular weight excluding hydrogens is 364 g/mol. The Kier molecular flexibility index (Phi) is 5.56. The number of hydrogen-bond donors (Lipinski definition) is 2. The highest BCUT2D eigenvalue weighted by Crippen LogP contribution is 2.22. The molecule has 4 rings (SSSR count). The number of benzene rings is 3. The molecule has 0 spiro atoms. The molecule has 1 aliphatic carbocycles. The molecule has 0 unspecified atom stereocenters. The van der Waals surface area contributed by atoms with Gasteiger partial charge in [0.2, 0.25) is 0 Å². The number of hydrogen-bond acceptors (Lipinski definition) is 3. The summed E-state index contributed by atoms with van der Waals surface area (Å²) in [5, 5.41) is 5.86. The number of ether oxygens (including phenoxy) is 1. The van der Waals surface area contributed by atoms with Crippen molar-refractivity contribution in [1.82, 2.24) is 5.32 Å². The van der Waals surface area contributed by atoms with Crippen LogP contribution in [-0.4, -0.2) is 24.5 Å². The molecule has 3 aromatic carbocycles. The van der Waals surface area contributed by atoms with Gasteiger partial charge in [-0.25, -0.2) is 0 Å². The first-order valence-corrected chi connectivity index (χ1v) is 9.63. The van der Waals surface area contributed by atoms with E-state index in [0.29, 0.717) is 17.0 Å². The van der Waals surface area contributed by atoms with E-state index >= 15 is 0 Å². The van der Waals surface area contributed by atoms with Crippen LogP contribution in [0.2, 0.25) is 0 Å². The molecule has 0 fully saturated rings. The Bertz CT molecular complexity index is 992. The summed E-state index contributed by atoms with van der Waals surface area (Å²) in [6.07, 6.45) is 1.68. The van der Waals surface area contributed by atoms with Gasteiger partial charge in [-0.05, 0) is 54.3 Å². The minimum Gasteiger partial charge on any atom is -0.484 e. The summed E-state index contributed by atoms with van der Waals surface area (Å²) in [5.74, 6) is 0.213. The average Bonchev–Trinajstić information content (AvgIpc) is 3.15. The smallest absolute Gasteiger partial charge is 0.262 e. The van der Waals surface area contributed by atoms with Gasteiger partial charge in [0.25, 0.3) is 11.8 Å². The molecular formula is C24H22N2O3. The Hall–Kier alpha value is -3.60. The van der Waals surface area contributed by atoms with Crippen LogP contribution in [0, 0.1) is 0 Å². The Morgan fingerprint density at radius 3 is 2.28 bits per heavy atom. The summed E-state index contributed by atoms with van der Waals surface area (Å²) in [4.78, 5) is 24.8.